The topological polar surface area (TPSA) is 78.9 Å². The fourth-order valence-electron chi connectivity index (χ4n) is 7.68. The molecule has 0 aromatic carbocycles. The van der Waals surface area contributed by atoms with Gasteiger partial charge in [0.25, 0.3) is 0 Å². The Bertz CT molecular complexity index is 1110. The SMILES string of the molecule is CCCCC/C=C\C/C=C\C/C=C\CCCCC(=O)OC[C@H](COC(=O)CCCCCCCCCCCCC)OC(=O)CCCCCCCCCCC/C=C\CCCCCCCC. The maximum Gasteiger partial charge on any atom is 0.306 e. The van der Waals surface area contributed by atoms with Gasteiger partial charge in [0, 0.05) is 19.3 Å². The lowest BCUT2D eigenvalue weighted by Gasteiger charge is -2.18. The Morgan fingerprint density at radius 1 is 0.317 bits per heavy atom. The molecule has 6 heteroatoms. The van der Waals surface area contributed by atoms with Crippen molar-refractivity contribution in [3.8, 4) is 0 Å². The van der Waals surface area contributed by atoms with Gasteiger partial charge in [-0.3, -0.25) is 14.4 Å². The molecule has 0 aliphatic rings. The van der Waals surface area contributed by atoms with E-state index in [2.05, 4.69) is 69.4 Å². The summed E-state index contributed by atoms with van der Waals surface area (Å²) in [6.45, 7) is 6.58. The maximum atomic E-state index is 12.8. The summed E-state index contributed by atoms with van der Waals surface area (Å²) in [5.74, 6) is -0.917. The Morgan fingerprint density at radius 2 is 0.571 bits per heavy atom. The molecule has 0 heterocycles. The second-order valence-electron chi connectivity index (χ2n) is 18.1. The van der Waals surface area contributed by atoms with E-state index in [0.717, 1.165) is 70.6 Å². The van der Waals surface area contributed by atoms with Crippen molar-refractivity contribution in [2.45, 2.75) is 284 Å². The van der Waals surface area contributed by atoms with Gasteiger partial charge in [0.2, 0.25) is 0 Å². The van der Waals surface area contributed by atoms with Gasteiger partial charge in [0.1, 0.15) is 13.2 Å². The van der Waals surface area contributed by atoms with Gasteiger partial charge >= 0.3 is 17.9 Å². The highest BCUT2D eigenvalue weighted by Crippen LogP contribution is 2.15. The second kappa shape index (κ2) is 52.0. The minimum Gasteiger partial charge on any atom is -0.462 e. The first-order chi connectivity index (χ1) is 31.0. The lowest BCUT2D eigenvalue weighted by Crippen LogP contribution is -2.30. The van der Waals surface area contributed by atoms with E-state index < -0.39 is 6.10 Å². The first-order valence-corrected chi connectivity index (χ1v) is 27.1. The molecule has 1 atom stereocenters. The molecular weight excluding hydrogens is 781 g/mol. The van der Waals surface area contributed by atoms with Crippen LogP contribution in [0.2, 0.25) is 0 Å². The third-order valence-corrected chi connectivity index (χ3v) is 11.8. The van der Waals surface area contributed by atoms with E-state index in [4.69, 9.17) is 14.2 Å². The third-order valence-electron chi connectivity index (χ3n) is 11.8. The van der Waals surface area contributed by atoms with E-state index in [1.165, 1.54) is 167 Å². The Balaban J connectivity index is 4.38. The maximum absolute atomic E-state index is 12.8. The lowest BCUT2D eigenvalue weighted by atomic mass is 10.1. The number of esters is 3. The zero-order valence-electron chi connectivity index (χ0n) is 41.8. The Morgan fingerprint density at radius 3 is 0.968 bits per heavy atom. The molecule has 0 unspecified atom stereocenters. The number of unbranched alkanes of at least 4 members (excludes halogenated alkanes) is 30. The molecule has 6 nitrogen and oxygen atoms in total. The van der Waals surface area contributed by atoms with Crippen molar-refractivity contribution in [3.05, 3.63) is 48.6 Å². The van der Waals surface area contributed by atoms with E-state index >= 15 is 0 Å². The molecule has 0 N–H and O–H groups in total. The van der Waals surface area contributed by atoms with E-state index in [-0.39, 0.29) is 31.1 Å². The summed E-state index contributed by atoms with van der Waals surface area (Å²) in [6, 6.07) is 0. The number of rotatable bonds is 49. The number of carbonyl (C=O) groups is 3. The van der Waals surface area contributed by atoms with Crippen molar-refractivity contribution in [2.24, 2.45) is 0 Å². The van der Waals surface area contributed by atoms with Crippen LogP contribution in [0.15, 0.2) is 48.6 Å². The predicted octanol–water partition coefficient (Wildman–Crippen LogP) is 17.9. The Kier molecular flexibility index (Phi) is 49.8. The summed E-state index contributed by atoms with van der Waals surface area (Å²) in [6.07, 6.45) is 62.4. The van der Waals surface area contributed by atoms with Crippen LogP contribution in [-0.4, -0.2) is 37.2 Å². The van der Waals surface area contributed by atoms with Gasteiger partial charge in [-0.25, -0.2) is 0 Å². The van der Waals surface area contributed by atoms with Gasteiger partial charge in [0.15, 0.2) is 6.10 Å². The molecule has 0 fully saturated rings. The fraction of sp³-hybridized carbons (Fsp3) is 0.807. The van der Waals surface area contributed by atoms with Crippen LogP contribution < -0.4 is 0 Å². The van der Waals surface area contributed by atoms with E-state index in [0.29, 0.717) is 19.3 Å². The van der Waals surface area contributed by atoms with Crippen LogP contribution in [0.25, 0.3) is 0 Å². The monoisotopic (exact) mass is 883 g/mol. The van der Waals surface area contributed by atoms with Crippen molar-refractivity contribution in [1.82, 2.24) is 0 Å². The molecule has 0 aliphatic carbocycles. The second-order valence-corrected chi connectivity index (χ2v) is 18.1. The smallest absolute Gasteiger partial charge is 0.306 e. The average molecular weight is 883 g/mol. The molecule has 0 saturated heterocycles. The van der Waals surface area contributed by atoms with Crippen LogP contribution >= 0.6 is 0 Å². The normalized spacial score (nSPS) is 12.4. The van der Waals surface area contributed by atoms with Gasteiger partial charge in [-0.1, -0.05) is 223 Å². The molecule has 0 aromatic rings. The van der Waals surface area contributed by atoms with Crippen molar-refractivity contribution in [2.75, 3.05) is 13.2 Å². The Labute approximate surface area is 390 Å². The molecule has 63 heavy (non-hydrogen) atoms. The molecule has 0 saturated carbocycles. The summed E-state index contributed by atoms with van der Waals surface area (Å²) in [4.78, 5) is 38.0. The average Bonchev–Trinajstić information content (AvgIpc) is 3.28. The molecule has 0 rings (SSSR count). The predicted molar refractivity (Wildman–Crippen MR) is 270 cm³/mol. The van der Waals surface area contributed by atoms with Crippen LogP contribution in [0.3, 0.4) is 0 Å². The zero-order valence-corrected chi connectivity index (χ0v) is 41.8. The molecule has 0 amide bonds. The van der Waals surface area contributed by atoms with Gasteiger partial charge in [-0.2, -0.15) is 0 Å². The molecule has 0 spiro atoms. The number of hydrogen-bond acceptors (Lipinski definition) is 6. The first-order valence-electron chi connectivity index (χ1n) is 27.1. The number of ether oxygens (including phenoxy) is 3. The summed E-state index contributed by atoms with van der Waals surface area (Å²) in [7, 11) is 0. The highest BCUT2D eigenvalue weighted by Gasteiger charge is 2.19. The van der Waals surface area contributed by atoms with Crippen LogP contribution in [0, 0.1) is 0 Å². The molecule has 366 valence electrons. The summed E-state index contributed by atoms with van der Waals surface area (Å²) < 4.78 is 16.8. The van der Waals surface area contributed by atoms with Gasteiger partial charge in [-0.05, 0) is 83.5 Å². The molecule has 0 bridgehead atoms. The first kappa shape index (κ1) is 60.4. The largest absolute Gasteiger partial charge is 0.462 e. The number of carbonyl (C=O) groups excluding carboxylic acids is 3. The van der Waals surface area contributed by atoms with Crippen LogP contribution in [-0.2, 0) is 28.6 Å². The highest BCUT2D eigenvalue weighted by atomic mass is 16.6. The van der Waals surface area contributed by atoms with Crippen LogP contribution in [0.1, 0.15) is 278 Å². The molecule has 0 aromatic heterocycles. The van der Waals surface area contributed by atoms with E-state index in [1.54, 1.807) is 0 Å². The van der Waals surface area contributed by atoms with Crippen molar-refractivity contribution < 1.29 is 28.6 Å². The van der Waals surface area contributed by atoms with Crippen LogP contribution in [0.4, 0.5) is 0 Å². The summed E-state index contributed by atoms with van der Waals surface area (Å²) in [5.41, 5.74) is 0. The third kappa shape index (κ3) is 50.2. The summed E-state index contributed by atoms with van der Waals surface area (Å²) in [5, 5.41) is 0. The quantitative estimate of drug-likeness (QED) is 0.0262. The fourth-order valence-corrected chi connectivity index (χ4v) is 7.68. The standard InChI is InChI=1S/C57H102O6/c1-4-7-10-13-16-19-22-24-26-27-28-29-31-33-36-39-42-45-48-51-57(60)63-54(52-61-55(58)49-46-43-40-37-34-21-18-15-12-9-6-3)53-62-56(59)50-47-44-41-38-35-32-30-25-23-20-17-14-11-8-5-2/h17,20,24-26,30,35,38,54H,4-16,18-19,21-23,27-29,31-34,36-37,39-53H2,1-3H3/b20-17-,26-24-,30-25-,38-35-/t54-/m0/s1. The van der Waals surface area contributed by atoms with Crippen molar-refractivity contribution in [1.29, 1.82) is 0 Å². The summed E-state index contributed by atoms with van der Waals surface area (Å²) >= 11 is 0. The molecular formula is C57H102O6. The zero-order chi connectivity index (χ0) is 45.8. The van der Waals surface area contributed by atoms with Crippen LogP contribution in [0.5, 0.6) is 0 Å². The van der Waals surface area contributed by atoms with Gasteiger partial charge < -0.3 is 14.2 Å². The number of allylic oxidation sites excluding steroid dienone is 8. The minimum absolute atomic E-state index is 0.0835. The van der Waals surface area contributed by atoms with Crippen molar-refractivity contribution in [3.63, 3.8) is 0 Å². The number of hydrogen-bond donors (Lipinski definition) is 0. The van der Waals surface area contributed by atoms with Gasteiger partial charge in [-0.15, -0.1) is 0 Å². The van der Waals surface area contributed by atoms with E-state index in [1.807, 2.05) is 0 Å². The lowest BCUT2D eigenvalue weighted by molar-refractivity contribution is -0.167. The van der Waals surface area contributed by atoms with Gasteiger partial charge in [0.05, 0.1) is 0 Å². The highest BCUT2D eigenvalue weighted by molar-refractivity contribution is 5.71. The Hall–Kier alpha value is -2.63. The minimum atomic E-state index is -0.786. The van der Waals surface area contributed by atoms with E-state index in [9.17, 15) is 14.4 Å². The molecule has 0 radical (unpaired) electrons. The van der Waals surface area contributed by atoms with Crippen molar-refractivity contribution >= 4 is 17.9 Å². The molecule has 0 aliphatic heterocycles.